The van der Waals surface area contributed by atoms with Crippen molar-refractivity contribution in [3.05, 3.63) is 28.8 Å². The number of aryl methyl sites for hydroxylation is 1. The number of hydrogen-bond donors (Lipinski definition) is 0. The summed E-state index contributed by atoms with van der Waals surface area (Å²) in [7, 11) is 1.64. The van der Waals surface area contributed by atoms with Gasteiger partial charge in [0.05, 0.1) is 12.7 Å². The summed E-state index contributed by atoms with van der Waals surface area (Å²) in [5, 5.41) is 0. The summed E-state index contributed by atoms with van der Waals surface area (Å²) in [5.41, 5.74) is 3.50. The Bertz CT molecular complexity index is 783. The number of Topliss-reactive ketones (excluding diaryl/α,β-unsaturated/α-hetero) is 1. The number of methoxy groups -OCH3 is 1. The van der Waals surface area contributed by atoms with Crippen molar-refractivity contribution >= 4 is 11.8 Å². The van der Waals surface area contributed by atoms with E-state index in [1.165, 1.54) is 24.5 Å². The normalized spacial score (nSPS) is 34.2. The maximum atomic E-state index is 12.1. The van der Waals surface area contributed by atoms with Gasteiger partial charge in [-0.15, -0.1) is 0 Å². The lowest BCUT2D eigenvalue weighted by molar-refractivity contribution is -0.154. The molecule has 5 atom stereocenters. The first-order chi connectivity index (χ1) is 12.8. The molecule has 0 heterocycles. The van der Waals surface area contributed by atoms with Gasteiger partial charge in [-0.2, -0.15) is 0 Å². The summed E-state index contributed by atoms with van der Waals surface area (Å²) in [6, 6.07) is 4.20. The predicted octanol–water partition coefficient (Wildman–Crippen LogP) is 4.69. The molecule has 0 aromatic heterocycles. The van der Waals surface area contributed by atoms with Gasteiger partial charge in [0.15, 0.2) is 5.78 Å². The van der Waals surface area contributed by atoms with Gasteiger partial charge in [-0.05, 0) is 86.5 Å². The molecule has 3 aliphatic carbocycles. The van der Waals surface area contributed by atoms with Crippen LogP contribution in [0.15, 0.2) is 12.1 Å². The van der Waals surface area contributed by atoms with Crippen molar-refractivity contribution in [1.82, 2.24) is 0 Å². The van der Waals surface area contributed by atoms with Crippen LogP contribution in [0.2, 0.25) is 0 Å². The molecule has 27 heavy (non-hydrogen) atoms. The third-order valence-corrected chi connectivity index (χ3v) is 7.65. The number of carbonyl (C=O) groups is 2. The molecule has 0 aliphatic heterocycles. The maximum Gasteiger partial charge on any atom is 0.302 e. The number of benzene rings is 1. The van der Waals surface area contributed by atoms with Crippen LogP contribution in [0, 0.1) is 17.3 Å². The van der Waals surface area contributed by atoms with E-state index in [9.17, 15) is 9.59 Å². The highest BCUT2D eigenvalue weighted by molar-refractivity contribution is 5.97. The van der Waals surface area contributed by atoms with Crippen LogP contribution in [-0.4, -0.2) is 25.0 Å². The summed E-state index contributed by atoms with van der Waals surface area (Å²) in [6.45, 7) is 5.47. The SMILES string of the molecule is COc1cc2c(cc1C(C)=O)[C@@H]1CC[C@]3(C)[C@H](OC(C)=O)CC[C@H]3[C@@H]1CC2. The van der Waals surface area contributed by atoms with Crippen molar-refractivity contribution in [3.8, 4) is 5.75 Å². The molecular formula is C23H30O4. The molecular weight excluding hydrogens is 340 g/mol. The fourth-order valence-electron chi connectivity index (χ4n) is 6.39. The van der Waals surface area contributed by atoms with Gasteiger partial charge in [0.2, 0.25) is 0 Å². The Morgan fingerprint density at radius 1 is 1.11 bits per heavy atom. The molecule has 4 nitrogen and oxygen atoms in total. The Morgan fingerprint density at radius 3 is 2.56 bits per heavy atom. The highest BCUT2D eigenvalue weighted by Gasteiger charge is 2.56. The van der Waals surface area contributed by atoms with E-state index in [-0.39, 0.29) is 23.3 Å². The fourth-order valence-corrected chi connectivity index (χ4v) is 6.39. The first kappa shape index (κ1) is 18.5. The number of ketones is 1. The highest BCUT2D eigenvalue weighted by atomic mass is 16.5. The number of rotatable bonds is 3. The van der Waals surface area contributed by atoms with Gasteiger partial charge in [0, 0.05) is 12.3 Å². The maximum absolute atomic E-state index is 12.1. The lowest BCUT2D eigenvalue weighted by atomic mass is 9.55. The fraction of sp³-hybridized carbons (Fsp3) is 0.652. The van der Waals surface area contributed by atoms with Gasteiger partial charge in [-0.1, -0.05) is 6.92 Å². The van der Waals surface area contributed by atoms with Gasteiger partial charge < -0.3 is 9.47 Å². The second-order valence-electron chi connectivity index (χ2n) is 8.94. The van der Waals surface area contributed by atoms with Gasteiger partial charge in [0.1, 0.15) is 11.9 Å². The lowest BCUT2D eigenvalue weighted by Gasteiger charge is -2.50. The summed E-state index contributed by atoms with van der Waals surface area (Å²) >= 11 is 0. The van der Waals surface area contributed by atoms with Gasteiger partial charge in [-0.3, -0.25) is 9.59 Å². The molecule has 0 bridgehead atoms. The van der Waals surface area contributed by atoms with Crippen molar-refractivity contribution in [1.29, 1.82) is 0 Å². The molecule has 1 aromatic rings. The molecule has 0 amide bonds. The number of esters is 1. The van der Waals surface area contributed by atoms with Crippen molar-refractivity contribution < 1.29 is 19.1 Å². The minimum absolute atomic E-state index is 0.0611. The molecule has 2 fully saturated rings. The largest absolute Gasteiger partial charge is 0.496 e. The molecule has 3 aliphatic rings. The number of hydrogen-bond acceptors (Lipinski definition) is 4. The zero-order valence-electron chi connectivity index (χ0n) is 16.8. The predicted molar refractivity (Wildman–Crippen MR) is 103 cm³/mol. The second-order valence-corrected chi connectivity index (χ2v) is 8.94. The molecule has 4 rings (SSSR count). The first-order valence-electron chi connectivity index (χ1n) is 10.2. The third-order valence-electron chi connectivity index (χ3n) is 7.65. The molecule has 1 aromatic carbocycles. The Hall–Kier alpha value is -1.84. The molecule has 0 radical (unpaired) electrons. The van der Waals surface area contributed by atoms with E-state index in [0.29, 0.717) is 29.1 Å². The summed E-state index contributed by atoms with van der Waals surface area (Å²) < 4.78 is 11.2. The first-order valence-corrected chi connectivity index (χ1v) is 10.2. The van der Waals surface area contributed by atoms with E-state index in [2.05, 4.69) is 19.1 Å². The average Bonchev–Trinajstić information content (AvgIpc) is 2.96. The molecule has 0 unspecified atom stereocenters. The minimum atomic E-state index is -0.156. The van der Waals surface area contributed by atoms with E-state index < -0.39 is 0 Å². The molecule has 0 spiro atoms. The Balaban J connectivity index is 1.67. The van der Waals surface area contributed by atoms with Crippen molar-refractivity contribution in [2.45, 2.75) is 71.3 Å². The molecule has 2 saturated carbocycles. The van der Waals surface area contributed by atoms with Crippen LogP contribution in [0.4, 0.5) is 0 Å². The smallest absolute Gasteiger partial charge is 0.302 e. The van der Waals surface area contributed by atoms with Gasteiger partial charge >= 0.3 is 5.97 Å². The topological polar surface area (TPSA) is 52.6 Å². The molecule has 146 valence electrons. The Labute approximate surface area is 161 Å². The van der Waals surface area contributed by atoms with Gasteiger partial charge in [0.25, 0.3) is 0 Å². The lowest BCUT2D eigenvalue weighted by Crippen LogP contribution is -2.45. The number of ether oxygens (including phenoxy) is 2. The second kappa shape index (κ2) is 6.65. The zero-order valence-corrected chi connectivity index (χ0v) is 16.8. The highest BCUT2D eigenvalue weighted by Crippen LogP contribution is 2.61. The standard InChI is InChI=1S/C23H30O4/c1-13(24)18-12-19-15(11-21(18)26-4)5-6-17-16(19)9-10-23(3)20(17)7-8-22(23)27-14(2)25/h11-12,16-17,20,22H,5-10H2,1-4H3/t16-,17-,20+,22-,23+/m1/s1. The van der Waals surface area contributed by atoms with E-state index in [1.807, 2.05) is 0 Å². The average molecular weight is 370 g/mol. The van der Waals surface area contributed by atoms with Crippen LogP contribution in [0.5, 0.6) is 5.75 Å². The summed E-state index contributed by atoms with van der Waals surface area (Å²) in [5.74, 6) is 2.33. The van der Waals surface area contributed by atoms with Gasteiger partial charge in [-0.25, -0.2) is 0 Å². The monoisotopic (exact) mass is 370 g/mol. The molecule has 0 saturated heterocycles. The van der Waals surface area contributed by atoms with Crippen molar-refractivity contribution in [2.24, 2.45) is 17.3 Å². The van der Waals surface area contributed by atoms with E-state index in [4.69, 9.17) is 9.47 Å². The van der Waals surface area contributed by atoms with Crippen LogP contribution in [-0.2, 0) is 16.0 Å². The van der Waals surface area contributed by atoms with E-state index in [1.54, 1.807) is 14.0 Å². The van der Waals surface area contributed by atoms with Crippen molar-refractivity contribution in [3.63, 3.8) is 0 Å². The minimum Gasteiger partial charge on any atom is -0.496 e. The molecule has 4 heteroatoms. The van der Waals surface area contributed by atoms with E-state index >= 15 is 0 Å². The van der Waals surface area contributed by atoms with Crippen LogP contribution in [0.3, 0.4) is 0 Å². The summed E-state index contributed by atoms with van der Waals surface area (Å²) in [6.07, 6.45) is 6.58. The molecule has 0 N–H and O–H groups in total. The van der Waals surface area contributed by atoms with Crippen LogP contribution >= 0.6 is 0 Å². The van der Waals surface area contributed by atoms with Crippen molar-refractivity contribution in [2.75, 3.05) is 7.11 Å². The summed E-state index contributed by atoms with van der Waals surface area (Å²) in [4.78, 5) is 23.7. The van der Waals surface area contributed by atoms with E-state index in [0.717, 1.165) is 32.1 Å². The van der Waals surface area contributed by atoms with Crippen LogP contribution in [0.25, 0.3) is 0 Å². The number of fused-ring (bicyclic) bond motifs is 5. The Morgan fingerprint density at radius 2 is 1.89 bits per heavy atom. The zero-order chi connectivity index (χ0) is 19.3. The van der Waals surface area contributed by atoms with Crippen LogP contribution < -0.4 is 4.74 Å². The quantitative estimate of drug-likeness (QED) is 0.572. The third kappa shape index (κ3) is 2.88. The Kier molecular flexibility index (Phi) is 4.56. The van der Waals surface area contributed by atoms with Crippen LogP contribution in [0.1, 0.15) is 80.3 Å². The number of carbonyl (C=O) groups excluding carboxylic acids is 2.